The van der Waals surface area contributed by atoms with Crippen molar-refractivity contribution >= 4 is 34.0 Å². The zero-order chi connectivity index (χ0) is 37.7. The minimum atomic E-state index is 0.572. The molecule has 6 aromatic carbocycles. The average Bonchev–Trinajstić information content (AvgIpc) is 3.66. The summed E-state index contributed by atoms with van der Waals surface area (Å²) in [5.74, 6) is 2.67. The zero-order valence-electron chi connectivity index (χ0n) is 30.8. The van der Waals surface area contributed by atoms with Crippen molar-refractivity contribution in [1.29, 1.82) is 0 Å². The normalized spacial score (nSPS) is 12.5. The first-order valence-corrected chi connectivity index (χ1v) is 18.9. The largest absolute Gasteiger partial charge is 0.456 e. The summed E-state index contributed by atoms with van der Waals surface area (Å²) in [6.07, 6.45) is 14.2. The zero-order valence-corrected chi connectivity index (χ0v) is 30.8. The maximum absolute atomic E-state index is 6.34. The van der Waals surface area contributed by atoms with Crippen LogP contribution in [0.1, 0.15) is 23.3 Å². The number of aromatic nitrogens is 3. The molecule has 0 unspecified atom stereocenters. The van der Waals surface area contributed by atoms with Crippen LogP contribution in [0.15, 0.2) is 199 Å². The first kappa shape index (κ1) is 34.4. The molecule has 0 bridgehead atoms. The van der Waals surface area contributed by atoms with E-state index in [1.54, 1.807) is 0 Å². The van der Waals surface area contributed by atoms with Crippen LogP contribution in [0.4, 0.5) is 11.4 Å². The number of nitrogens with zero attached hydrogens (tertiary/aromatic N) is 4. The summed E-state index contributed by atoms with van der Waals surface area (Å²) in [6, 6.07) is 53.9. The predicted molar refractivity (Wildman–Crippen MR) is 231 cm³/mol. The van der Waals surface area contributed by atoms with Crippen molar-refractivity contribution in [2.45, 2.75) is 12.8 Å². The molecule has 0 N–H and O–H groups in total. The molecule has 56 heavy (non-hydrogen) atoms. The van der Waals surface area contributed by atoms with Crippen molar-refractivity contribution in [2.75, 3.05) is 4.90 Å². The second kappa shape index (κ2) is 15.5. The van der Waals surface area contributed by atoms with Gasteiger partial charge in [0.05, 0.1) is 5.69 Å². The van der Waals surface area contributed by atoms with Crippen LogP contribution in [0.25, 0.3) is 67.9 Å². The van der Waals surface area contributed by atoms with Gasteiger partial charge in [-0.05, 0) is 77.6 Å². The van der Waals surface area contributed by atoms with Crippen LogP contribution in [0.5, 0.6) is 0 Å². The molecule has 0 fully saturated rings. The molecule has 0 atom stereocenters. The molecule has 2 heterocycles. The predicted octanol–water partition coefficient (Wildman–Crippen LogP) is 13.2. The number of furan rings is 1. The summed E-state index contributed by atoms with van der Waals surface area (Å²) in [5.41, 5.74) is 11.1. The van der Waals surface area contributed by atoms with Gasteiger partial charge in [0.2, 0.25) is 0 Å². The van der Waals surface area contributed by atoms with Gasteiger partial charge in [-0.2, -0.15) is 0 Å². The summed E-state index contributed by atoms with van der Waals surface area (Å²) in [5, 5.41) is 1.06. The van der Waals surface area contributed by atoms with Gasteiger partial charge < -0.3 is 9.32 Å². The molecule has 9 rings (SSSR count). The Hall–Kier alpha value is -7.37. The van der Waals surface area contributed by atoms with Crippen LogP contribution >= 0.6 is 0 Å². The molecule has 5 heteroatoms. The van der Waals surface area contributed by atoms with Gasteiger partial charge in [0.15, 0.2) is 17.5 Å². The van der Waals surface area contributed by atoms with Crippen molar-refractivity contribution in [2.24, 2.45) is 0 Å². The van der Waals surface area contributed by atoms with Gasteiger partial charge in [-0.3, -0.25) is 0 Å². The number of hydrogen-bond donors (Lipinski definition) is 0. The van der Waals surface area contributed by atoms with Crippen LogP contribution in [0.2, 0.25) is 0 Å². The Morgan fingerprint density at radius 2 is 1.23 bits per heavy atom. The number of rotatable bonds is 10. The fraction of sp³-hybridized carbons (Fsp3) is 0.0392. The lowest BCUT2D eigenvalue weighted by atomic mass is 9.97. The molecule has 0 saturated heterocycles. The van der Waals surface area contributed by atoms with Crippen LogP contribution in [-0.2, 0) is 6.42 Å². The molecule has 1 aliphatic carbocycles. The highest BCUT2D eigenvalue weighted by Crippen LogP contribution is 2.39. The quantitative estimate of drug-likeness (QED) is 0.132. The maximum Gasteiger partial charge on any atom is 0.166 e. The molecule has 8 aromatic rings. The Bertz CT molecular complexity index is 2750. The number of hydrogen-bond acceptors (Lipinski definition) is 5. The van der Waals surface area contributed by atoms with Gasteiger partial charge in [0.1, 0.15) is 11.3 Å². The van der Waals surface area contributed by atoms with Crippen molar-refractivity contribution in [3.8, 4) is 45.3 Å². The lowest BCUT2D eigenvalue weighted by molar-refractivity contribution is 0.595. The van der Waals surface area contributed by atoms with Gasteiger partial charge in [-0.25, -0.2) is 15.0 Å². The van der Waals surface area contributed by atoms with E-state index in [0.717, 1.165) is 79.9 Å². The van der Waals surface area contributed by atoms with E-state index in [0.29, 0.717) is 17.5 Å². The fourth-order valence-electron chi connectivity index (χ4n) is 7.32. The maximum atomic E-state index is 6.34. The second-order valence-electron chi connectivity index (χ2n) is 13.6. The lowest BCUT2D eigenvalue weighted by Crippen LogP contribution is -2.11. The van der Waals surface area contributed by atoms with E-state index in [1.165, 1.54) is 5.56 Å². The third-order valence-corrected chi connectivity index (χ3v) is 10.1. The van der Waals surface area contributed by atoms with Crippen molar-refractivity contribution in [3.63, 3.8) is 0 Å². The molecule has 0 saturated carbocycles. The van der Waals surface area contributed by atoms with Crippen LogP contribution < -0.4 is 4.90 Å². The highest BCUT2D eigenvalue weighted by atomic mass is 16.3. The number of aryl methyl sites for hydroxylation is 1. The Morgan fingerprint density at radius 1 is 0.607 bits per heavy atom. The summed E-state index contributed by atoms with van der Waals surface area (Å²) < 4.78 is 6.34. The molecule has 0 radical (unpaired) electrons. The van der Waals surface area contributed by atoms with Crippen LogP contribution in [0, 0.1) is 0 Å². The van der Waals surface area contributed by atoms with Gasteiger partial charge in [0.25, 0.3) is 0 Å². The summed E-state index contributed by atoms with van der Waals surface area (Å²) in [7, 11) is 0. The first-order valence-electron chi connectivity index (χ1n) is 18.9. The smallest absolute Gasteiger partial charge is 0.166 e. The van der Waals surface area contributed by atoms with Gasteiger partial charge >= 0.3 is 0 Å². The van der Waals surface area contributed by atoms with Gasteiger partial charge in [-0.15, -0.1) is 0 Å². The van der Waals surface area contributed by atoms with E-state index in [2.05, 4.69) is 139 Å². The highest BCUT2D eigenvalue weighted by molar-refractivity contribution is 5.97. The number of anilines is 2. The van der Waals surface area contributed by atoms with Crippen molar-refractivity contribution in [3.05, 3.63) is 212 Å². The number of benzene rings is 6. The average molecular weight is 723 g/mol. The molecule has 0 spiro atoms. The van der Waals surface area contributed by atoms with E-state index in [-0.39, 0.29) is 0 Å². The summed E-state index contributed by atoms with van der Waals surface area (Å²) in [4.78, 5) is 17.9. The standard InChI is InChI=1S/C51H38N4O/c1-2-36(37-18-6-3-7-19-37)22-17-35-55(41-23-10-5-11-24-41)45-28-14-12-25-42(45)50-52-49(40-33-31-39(32-34-40)38-20-8-4-9-21-38)53-51(54-50)44-27-16-30-47-48(44)43-26-13-15-29-46(43)56-47/h2-12,14-25,27-35H,1,13,26H2/b35-17+,36-22+. The molecule has 1 aliphatic rings. The Morgan fingerprint density at radius 3 is 2.00 bits per heavy atom. The molecule has 0 aliphatic heterocycles. The van der Waals surface area contributed by atoms with Crippen LogP contribution in [-0.4, -0.2) is 15.0 Å². The topological polar surface area (TPSA) is 55.1 Å². The monoisotopic (exact) mass is 722 g/mol. The molecule has 2 aromatic heterocycles. The van der Waals surface area contributed by atoms with E-state index in [4.69, 9.17) is 19.4 Å². The van der Waals surface area contributed by atoms with E-state index in [1.807, 2.05) is 66.7 Å². The summed E-state index contributed by atoms with van der Waals surface area (Å²) in [6.45, 7) is 4.08. The van der Waals surface area contributed by atoms with Gasteiger partial charge in [0, 0.05) is 39.5 Å². The minimum Gasteiger partial charge on any atom is -0.456 e. The Labute approximate surface area is 327 Å². The third kappa shape index (κ3) is 6.90. The molecular weight excluding hydrogens is 685 g/mol. The molecule has 0 amide bonds. The highest BCUT2D eigenvalue weighted by Gasteiger charge is 2.22. The number of fused-ring (bicyclic) bond motifs is 3. The SMILES string of the molecule is C=C/C(=C\C=C\N(c1ccccc1)c1ccccc1-c1nc(-c2ccc(-c3ccccc3)cc2)nc(-c2cccc3oc4c(c23)CCC=C4)n1)c1ccccc1. The van der Waals surface area contributed by atoms with Gasteiger partial charge in [-0.1, -0.05) is 152 Å². The van der Waals surface area contributed by atoms with E-state index < -0.39 is 0 Å². The minimum absolute atomic E-state index is 0.572. The van der Waals surface area contributed by atoms with Crippen molar-refractivity contribution in [1.82, 2.24) is 15.0 Å². The molecule has 268 valence electrons. The fourth-order valence-corrected chi connectivity index (χ4v) is 7.32. The molecule has 5 nitrogen and oxygen atoms in total. The summed E-state index contributed by atoms with van der Waals surface area (Å²) >= 11 is 0. The van der Waals surface area contributed by atoms with E-state index >= 15 is 0 Å². The van der Waals surface area contributed by atoms with E-state index in [9.17, 15) is 0 Å². The third-order valence-electron chi connectivity index (χ3n) is 10.1. The Kier molecular flexibility index (Phi) is 9.55. The Balaban J connectivity index is 1.21. The van der Waals surface area contributed by atoms with Crippen molar-refractivity contribution < 1.29 is 4.42 Å². The number of para-hydroxylation sites is 2. The van der Waals surface area contributed by atoms with Crippen LogP contribution in [0.3, 0.4) is 0 Å². The number of allylic oxidation sites excluding steroid dienone is 5. The first-order chi connectivity index (χ1) is 27.7. The lowest BCUT2D eigenvalue weighted by Gasteiger charge is -2.23. The molecular formula is C51H38N4O. The second-order valence-corrected chi connectivity index (χ2v) is 13.6.